The summed E-state index contributed by atoms with van der Waals surface area (Å²) in [4.78, 5) is 2.38. The Morgan fingerprint density at radius 1 is 1.07 bits per heavy atom. The highest BCUT2D eigenvalue weighted by Crippen LogP contribution is 2.19. The van der Waals surface area contributed by atoms with Crippen LogP contribution in [0.15, 0.2) is 0 Å². The first-order valence-electron chi connectivity index (χ1n) is 5.32. The smallest absolute Gasteiger partial charge is 0.0589 e. The molecule has 0 amide bonds. The van der Waals surface area contributed by atoms with Crippen molar-refractivity contribution in [1.82, 2.24) is 4.90 Å². The molecule has 3 nitrogen and oxygen atoms in total. The van der Waals surface area contributed by atoms with Crippen molar-refractivity contribution >= 4 is 15.9 Å². The number of rotatable bonds is 9. The molecule has 0 radical (unpaired) electrons. The van der Waals surface area contributed by atoms with E-state index in [0.29, 0.717) is 5.41 Å². The van der Waals surface area contributed by atoms with Gasteiger partial charge in [0.05, 0.1) is 13.2 Å². The van der Waals surface area contributed by atoms with E-state index in [0.717, 1.165) is 38.2 Å². The summed E-state index contributed by atoms with van der Waals surface area (Å²) in [5, 5.41) is 1.01. The lowest BCUT2D eigenvalue weighted by Crippen LogP contribution is -2.39. The number of hydrogen-bond acceptors (Lipinski definition) is 3. The second kappa shape index (κ2) is 8.50. The molecule has 0 N–H and O–H groups in total. The summed E-state index contributed by atoms with van der Waals surface area (Å²) in [6, 6.07) is 0. The molecular weight excluding hydrogens is 258 g/mol. The van der Waals surface area contributed by atoms with Crippen molar-refractivity contribution in [3.63, 3.8) is 0 Å². The second-order valence-corrected chi connectivity index (χ2v) is 5.12. The van der Waals surface area contributed by atoms with Crippen LogP contribution in [0.25, 0.3) is 0 Å². The van der Waals surface area contributed by atoms with Gasteiger partial charge < -0.3 is 9.47 Å². The van der Waals surface area contributed by atoms with Gasteiger partial charge in [-0.05, 0) is 5.41 Å². The van der Waals surface area contributed by atoms with Gasteiger partial charge >= 0.3 is 0 Å². The fourth-order valence-electron chi connectivity index (χ4n) is 1.36. The quantitative estimate of drug-likeness (QED) is 0.604. The number of hydrogen-bond donors (Lipinski definition) is 0. The van der Waals surface area contributed by atoms with Crippen molar-refractivity contribution in [2.24, 2.45) is 5.41 Å². The van der Waals surface area contributed by atoms with Gasteiger partial charge in [0.25, 0.3) is 0 Å². The van der Waals surface area contributed by atoms with E-state index in [1.54, 1.807) is 14.2 Å². The van der Waals surface area contributed by atoms with E-state index in [2.05, 4.69) is 34.7 Å². The molecule has 0 atom stereocenters. The van der Waals surface area contributed by atoms with Crippen LogP contribution in [0.4, 0.5) is 0 Å². The van der Waals surface area contributed by atoms with Crippen LogP contribution in [0.1, 0.15) is 13.8 Å². The van der Waals surface area contributed by atoms with Gasteiger partial charge in [0.2, 0.25) is 0 Å². The molecule has 0 spiro atoms. The third-order valence-electron chi connectivity index (χ3n) is 2.24. The van der Waals surface area contributed by atoms with Crippen LogP contribution in [0.2, 0.25) is 0 Å². The molecule has 0 aliphatic rings. The van der Waals surface area contributed by atoms with Gasteiger partial charge in [0.1, 0.15) is 0 Å². The summed E-state index contributed by atoms with van der Waals surface area (Å²) in [6.45, 7) is 9.07. The summed E-state index contributed by atoms with van der Waals surface area (Å²) < 4.78 is 10.2. The van der Waals surface area contributed by atoms with Crippen molar-refractivity contribution in [2.45, 2.75) is 13.8 Å². The summed E-state index contributed by atoms with van der Waals surface area (Å²) in [5.74, 6) is 0. The Balaban J connectivity index is 3.98. The lowest BCUT2D eigenvalue weighted by atomic mass is 9.96. The van der Waals surface area contributed by atoms with E-state index in [4.69, 9.17) is 9.47 Å². The van der Waals surface area contributed by atoms with Gasteiger partial charge in [0, 0.05) is 39.2 Å². The highest BCUT2D eigenvalue weighted by molar-refractivity contribution is 9.09. The highest BCUT2D eigenvalue weighted by atomic mass is 79.9. The predicted octanol–water partition coefficient (Wildman–Crippen LogP) is 2.00. The van der Waals surface area contributed by atoms with Gasteiger partial charge in [0.15, 0.2) is 0 Å². The number of methoxy groups -OCH3 is 2. The monoisotopic (exact) mass is 281 g/mol. The van der Waals surface area contributed by atoms with Gasteiger partial charge in [-0.3, -0.25) is 4.90 Å². The minimum absolute atomic E-state index is 0.293. The molecule has 0 unspecified atom stereocenters. The van der Waals surface area contributed by atoms with Crippen LogP contribution in [0.5, 0.6) is 0 Å². The molecule has 0 aromatic carbocycles. The van der Waals surface area contributed by atoms with Crippen molar-refractivity contribution in [2.75, 3.05) is 52.4 Å². The van der Waals surface area contributed by atoms with Gasteiger partial charge in [-0.25, -0.2) is 0 Å². The Hall–Kier alpha value is 0.360. The van der Waals surface area contributed by atoms with Crippen LogP contribution in [-0.4, -0.2) is 57.3 Å². The second-order valence-electron chi connectivity index (χ2n) is 4.56. The van der Waals surface area contributed by atoms with E-state index < -0.39 is 0 Å². The molecule has 0 fully saturated rings. The van der Waals surface area contributed by atoms with Crippen molar-refractivity contribution in [1.29, 1.82) is 0 Å². The summed E-state index contributed by atoms with van der Waals surface area (Å²) in [7, 11) is 3.48. The Labute approximate surface area is 102 Å². The molecular formula is C11H24BrNO2. The van der Waals surface area contributed by atoms with Crippen LogP contribution in [0.3, 0.4) is 0 Å². The summed E-state index contributed by atoms with van der Waals surface area (Å²) in [6.07, 6.45) is 0. The SMILES string of the molecule is COCCN(CCOC)CC(C)(C)CBr. The average molecular weight is 282 g/mol. The zero-order valence-corrected chi connectivity index (χ0v) is 12.0. The van der Waals surface area contributed by atoms with Crippen LogP contribution in [0, 0.1) is 5.41 Å². The topological polar surface area (TPSA) is 21.7 Å². The van der Waals surface area contributed by atoms with Crippen molar-refractivity contribution in [3.8, 4) is 0 Å². The molecule has 4 heteroatoms. The van der Waals surface area contributed by atoms with E-state index in [-0.39, 0.29) is 0 Å². The molecule has 0 aromatic heterocycles. The molecule has 0 bridgehead atoms. The van der Waals surface area contributed by atoms with E-state index in [9.17, 15) is 0 Å². The third kappa shape index (κ3) is 8.20. The summed E-state index contributed by atoms with van der Waals surface area (Å²) in [5.41, 5.74) is 0.293. The Kier molecular flexibility index (Phi) is 8.71. The number of alkyl halides is 1. The lowest BCUT2D eigenvalue weighted by molar-refractivity contribution is 0.0940. The number of ether oxygens (including phenoxy) is 2. The molecule has 0 aromatic rings. The highest BCUT2D eigenvalue weighted by Gasteiger charge is 2.20. The number of halogens is 1. The average Bonchev–Trinajstić information content (AvgIpc) is 2.22. The first kappa shape index (κ1) is 15.4. The first-order valence-corrected chi connectivity index (χ1v) is 6.44. The summed E-state index contributed by atoms with van der Waals surface area (Å²) >= 11 is 3.55. The molecule has 0 saturated heterocycles. The molecule has 15 heavy (non-hydrogen) atoms. The van der Waals surface area contributed by atoms with E-state index in [1.165, 1.54) is 0 Å². The maximum atomic E-state index is 5.11. The molecule has 92 valence electrons. The normalized spacial score (nSPS) is 12.4. The maximum Gasteiger partial charge on any atom is 0.0589 e. The molecule has 0 rings (SSSR count). The molecule has 0 heterocycles. The first-order chi connectivity index (χ1) is 7.05. The third-order valence-corrected chi connectivity index (χ3v) is 3.75. The lowest BCUT2D eigenvalue weighted by Gasteiger charge is -2.31. The van der Waals surface area contributed by atoms with Crippen LogP contribution in [-0.2, 0) is 9.47 Å². The Morgan fingerprint density at radius 3 is 1.87 bits per heavy atom. The Morgan fingerprint density at radius 2 is 1.53 bits per heavy atom. The molecule has 0 saturated carbocycles. The number of nitrogens with zero attached hydrogens (tertiary/aromatic N) is 1. The van der Waals surface area contributed by atoms with Crippen LogP contribution < -0.4 is 0 Å². The minimum Gasteiger partial charge on any atom is -0.383 e. The van der Waals surface area contributed by atoms with Gasteiger partial charge in [-0.15, -0.1) is 0 Å². The maximum absolute atomic E-state index is 5.11. The predicted molar refractivity (Wildman–Crippen MR) is 67.8 cm³/mol. The minimum atomic E-state index is 0.293. The van der Waals surface area contributed by atoms with E-state index >= 15 is 0 Å². The fourth-order valence-corrected chi connectivity index (χ4v) is 1.54. The molecule has 0 aliphatic heterocycles. The van der Waals surface area contributed by atoms with Crippen LogP contribution >= 0.6 is 15.9 Å². The van der Waals surface area contributed by atoms with Crippen molar-refractivity contribution in [3.05, 3.63) is 0 Å². The zero-order valence-electron chi connectivity index (χ0n) is 10.4. The Bertz CT molecular complexity index is 146. The molecule has 0 aliphatic carbocycles. The fraction of sp³-hybridized carbons (Fsp3) is 1.00. The largest absolute Gasteiger partial charge is 0.383 e. The van der Waals surface area contributed by atoms with Gasteiger partial charge in [-0.2, -0.15) is 0 Å². The van der Waals surface area contributed by atoms with Gasteiger partial charge in [-0.1, -0.05) is 29.8 Å². The zero-order chi connectivity index (χ0) is 11.7. The van der Waals surface area contributed by atoms with Crippen molar-refractivity contribution < 1.29 is 9.47 Å². The standard InChI is InChI=1S/C11H24BrNO2/c1-11(2,9-12)10-13(5-7-14-3)6-8-15-4/h5-10H2,1-4H3. The van der Waals surface area contributed by atoms with E-state index in [1.807, 2.05) is 0 Å².